The third kappa shape index (κ3) is 3.25. The van der Waals surface area contributed by atoms with Gasteiger partial charge in [-0.15, -0.1) is 0 Å². The molecular weight excluding hydrogens is 543 g/mol. The fourth-order valence-corrected chi connectivity index (χ4v) is 37.4. The van der Waals surface area contributed by atoms with E-state index in [1.165, 1.54) is 22.3 Å². The Bertz CT molecular complexity index is 1070. The fraction of sp³-hybridized carbons (Fsp3) is 0.429. The predicted octanol–water partition coefficient (Wildman–Crippen LogP) is 7.88. The third-order valence-corrected chi connectivity index (χ3v) is 33.6. The number of hydrogen-bond acceptors (Lipinski definition) is 0. The van der Waals surface area contributed by atoms with Crippen molar-refractivity contribution in [3.63, 3.8) is 0 Å². The van der Waals surface area contributed by atoms with E-state index in [-0.39, 0.29) is 0 Å². The van der Waals surface area contributed by atoms with Gasteiger partial charge in [-0.1, -0.05) is 0 Å². The molecule has 0 spiro atoms. The van der Waals surface area contributed by atoms with Crippen molar-refractivity contribution in [3.8, 4) is 0 Å². The van der Waals surface area contributed by atoms with Crippen molar-refractivity contribution in [2.75, 3.05) is 0 Å². The number of allylic oxidation sites excluding steroid dienone is 2. The summed E-state index contributed by atoms with van der Waals surface area (Å²) in [7, 11) is 0. The average molecular weight is 581 g/mol. The third-order valence-electron chi connectivity index (χ3n) is 7.76. The standard InChI is InChI=1S/2C13H15.2CH3.Hf.H2Si/c2*1-9(2)12-6-4-5-11-7-10(3)8-13(11)12;;;;/h2*4-9H,1-3H3;2*1H3;;1H2. The first-order valence-corrected chi connectivity index (χ1v) is 31.3. The Labute approximate surface area is 186 Å². The van der Waals surface area contributed by atoms with Crippen LogP contribution in [0.1, 0.15) is 94.1 Å². The Balaban J connectivity index is 1.92. The number of benzene rings is 2. The van der Waals surface area contributed by atoms with E-state index < -0.39 is 17.1 Å². The molecule has 0 fully saturated rings. The summed E-state index contributed by atoms with van der Waals surface area (Å²) < 4.78 is 6.76. The molecule has 2 aromatic rings. The van der Waals surface area contributed by atoms with E-state index in [4.69, 9.17) is 0 Å². The van der Waals surface area contributed by atoms with Crippen LogP contribution < -0.4 is 0 Å². The number of rotatable bonds is 4. The van der Waals surface area contributed by atoms with Gasteiger partial charge in [-0.2, -0.15) is 0 Å². The molecule has 2 heteroatoms. The van der Waals surface area contributed by atoms with E-state index in [9.17, 15) is 0 Å². The number of fused-ring (bicyclic) bond motifs is 2. The molecule has 0 saturated carbocycles. The van der Waals surface area contributed by atoms with Crippen molar-refractivity contribution in [2.24, 2.45) is 0 Å². The Hall–Kier alpha value is -0.993. The van der Waals surface area contributed by atoms with Gasteiger partial charge in [0.25, 0.3) is 0 Å². The van der Waals surface area contributed by atoms with Crippen LogP contribution >= 0.6 is 0 Å². The fourth-order valence-electron chi connectivity index (χ4n) is 6.84. The summed E-state index contributed by atoms with van der Waals surface area (Å²) in [6.45, 7) is 16.6. The molecule has 0 aliphatic heterocycles. The van der Waals surface area contributed by atoms with Gasteiger partial charge in [0.2, 0.25) is 0 Å². The maximum absolute atomic E-state index is 3.46. The molecule has 2 aliphatic carbocycles. The molecule has 0 heterocycles. The van der Waals surface area contributed by atoms with Crippen LogP contribution in [0.5, 0.6) is 0 Å². The quantitative estimate of drug-likeness (QED) is 0.323. The molecule has 2 unspecified atom stereocenters. The van der Waals surface area contributed by atoms with Gasteiger partial charge in [0.05, 0.1) is 0 Å². The molecule has 0 radical (unpaired) electrons. The Morgan fingerprint density at radius 2 is 1.07 bits per heavy atom. The zero-order valence-electron chi connectivity index (χ0n) is 20.1. The Kier molecular flexibility index (Phi) is 5.38. The van der Waals surface area contributed by atoms with E-state index in [1.807, 2.05) is 0 Å². The van der Waals surface area contributed by atoms with Crippen molar-refractivity contribution >= 4 is 19.1 Å². The molecule has 2 aromatic carbocycles. The van der Waals surface area contributed by atoms with Crippen LogP contribution in [0.3, 0.4) is 0 Å². The summed E-state index contributed by atoms with van der Waals surface area (Å²) in [5, 5.41) is 0. The van der Waals surface area contributed by atoms with Crippen LogP contribution in [0.2, 0.25) is 9.36 Å². The van der Waals surface area contributed by atoms with Crippen LogP contribution in [-0.2, 0) is 17.1 Å². The number of hydrogen-bond donors (Lipinski definition) is 0. The molecule has 2 aliphatic rings. The first-order valence-electron chi connectivity index (χ1n) is 11.6. The molecule has 0 bridgehead atoms. The van der Waals surface area contributed by atoms with Crippen molar-refractivity contribution < 1.29 is 17.1 Å². The van der Waals surface area contributed by atoms with Gasteiger partial charge < -0.3 is 0 Å². The van der Waals surface area contributed by atoms with Gasteiger partial charge in [0, 0.05) is 0 Å². The molecule has 0 N–H and O–H groups in total. The second-order valence-corrected chi connectivity index (χ2v) is 55.1. The van der Waals surface area contributed by atoms with Crippen LogP contribution in [-0.4, -0.2) is 6.94 Å². The van der Waals surface area contributed by atoms with Crippen LogP contribution in [0.25, 0.3) is 12.2 Å². The van der Waals surface area contributed by atoms with Gasteiger partial charge in [-0.05, 0) is 0 Å². The molecule has 0 nitrogen and oxygen atoms in total. The molecule has 0 amide bonds. The van der Waals surface area contributed by atoms with E-state index in [1.54, 1.807) is 22.3 Å². The van der Waals surface area contributed by atoms with Crippen LogP contribution in [0, 0.1) is 0 Å². The Morgan fingerprint density at radius 1 is 0.700 bits per heavy atom. The van der Waals surface area contributed by atoms with Crippen molar-refractivity contribution in [3.05, 3.63) is 80.9 Å². The van der Waals surface area contributed by atoms with Gasteiger partial charge >= 0.3 is 187 Å². The second kappa shape index (κ2) is 7.27. The zero-order valence-corrected chi connectivity index (χ0v) is 25.1. The monoisotopic (exact) mass is 582 g/mol. The molecule has 30 heavy (non-hydrogen) atoms. The normalized spacial score (nSPS) is 21.0. The summed E-state index contributed by atoms with van der Waals surface area (Å²) in [5.41, 5.74) is 12.6. The summed E-state index contributed by atoms with van der Waals surface area (Å²) in [6, 6.07) is 14.2. The predicted molar refractivity (Wildman–Crippen MR) is 134 cm³/mol. The molecule has 0 aromatic heterocycles. The first-order chi connectivity index (χ1) is 13.9. The molecule has 158 valence electrons. The molecule has 4 rings (SSSR count). The molecular formula is C28H38HfSi. The van der Waals surface area contributed by atoms with E-state index in [0.717, 1.165) is 0 Å². The maximum atomic E-state index is 2.74. The molecule has 0 saturated heterocycles. The van der Waals surface area contributed by atoms with Crippen molar-refractivity contribution in [1.29, 1.82) is 0 Å². The second-order valence-electron chi connectivity index (χ2n) is 11.6. The van der Waals surface area contributed by atoms with E-state index >= 15 is 0 Å². The molecule has 2 atom stereocenters. The van der Waals surface area contributed by atoms with Crippen molar-refractivity contribution in [2.45, 2.75) is 70.1 Å². The van der Waals surface area contributed by atoms with Crippen molar-refractivity contribution in [1.82, 2.24) is 0 Å². The Morgan fingerprint density at radius 3 is 1.40 bits per heavy atom. The summed E-state index contributed by atoms with van der Waals surface area (Å²) in [4.78, 5) is 0. The van der Waals surface area contributed by atoms with Crippen LogP contribution in [0.4, 0.5) is 0 Å². The topological polar surface area (TPSA) is 0 Å². The van der Waals surface area contributed by atoms with Gasteiger partial charge in [-0.25, -0.2) is 0 Å². The van der Waals surface area contributed by atoms with E-state index in [2.05, 4.69) is 106 Å². The first kappa shape index (κ1) is 22.2. The summed E-state index contributed by atoms with van der Waals surface area (Å²) >= 11 is -3.46. The average Bonchev–Trinajstić information content (AvgIpc) is 3.16. The summed E-state index contributed by atoms with van der Waals surface area (Å²) in [5.74, 6) is 1.14. The minimum atomic E-state index is -3.46. The van der Waals surface area contributed by atoms with Gasteiger partial charge in [0.1, 0.15) is 0 Å². The minimum absolute atomic E-state index is 0.569. The SMILES string of the molecule is CC1=Cc2c(C(C)C)cccc2[CH]1[Hf]([CH3])([CH3])(=[SiH2])[CH]1C(C)=Cc2c(C(C)C)cccc21. The van der Waals surface area contributed by atoms with Crippen LogP contribution in [0.15, 0.2) is 47.5 Å². The zero-order chi connectivity index (χ0) is 22.0. The van der Waals surface area contributed by atoms with Gasteiger partial charge in [0.15, 0.2) is 0 Å². The van der Waals surface area contributed by atoms with E-state index in [0.29, 0.717) is 19.2 Å². The van der Waals surface area contributed by atoms with Gasteiger partial charge in [-0.3, -0.25) is 0 Å². The summed E-state index contributed by atoms with van der Waals surface area (Å²) in [6.07, 6.45) is 5.07.